The van der Waals surface area contributed by atoms with Gasteiger partial charge in [-0.15, -0.1) is 0 Å². The average molecular weight is 421 g/mol. The van der Waals surface area contributed by atoms with E-state index in [9.17, 15) is 4.79 Å². The van der Waals surface area contributed by atoms with E-state index >= 15 is 0 Å². The topological polar surface area (TPSA) is 48.0 Å². The van der Waals surface area contributed by atoms with E-state index in [0.717, 1.165) is 37.0 Å². The maximum atomic E-state index is 12.4. The maximum Gasteiger partial charge on any atom is 0.494 e. The molecular weight excluding hydrogens is 389 g/mol. The molecule has 2 aromatic carbocycles. The molecule has 2 saturated heterocycles. The molecule has 31 heavy (non-hydrogen) atoms. The molecule has 0 atom stereocenters. The summed E-state index contributed by atoms with van der Waals surface area (Å²) in [6, 6.07) is 18.4. The molecule has 2 aliphatic heterocycles. The normalized spacial score (nSPS) is 20.6. The highest BCUT2D eigenvalue weighted by molar-refractivity contribution is 6.62. The standard InChI is InChI=1S/C25H32BNO4/c1-24(2)25(3,4)31-26(30-24)22-12-10-20(11-13-22)21-14-16-27(17-15-21)23(28)29-18-19-8-6-5-7-9-19/h5-13,21H,14-18H2,1-4H3. The molecule has 4 rings (SSSR count). The van der Waals surface area contributed by atoms with Gasteiger partial charge in [-0.1, -0.05) is 54.6 Å². The number of piperidine rings is 1. The van der Waals surface area contributed by atoms with E-state index in [1.807, 2.05) is 35.2 Å². The zero-order valence-corrected chi connectivity index (χ0v) is 19.0. The number of hydrogen-bond donors (Lipinski definition) is 0. The van der Waals surface area contributed by atoms with Gasteiger partial charge in [0.2, 0.25) is 0 Å². The van der Waals surface area contributed by atoms with Crippen LogP contribution in [0.25, 0.3) is 0 Å². The molecule has 1 amide bonds. The third-order valence-electron chi connectivity index (χ3n) is 6.89. The minimum absolute atomic E-state index is 0.224. The van der Waals surface area contributed by atoms with Gasteiger partial charge >= 0.3 is 13.2 Å². The van der Waals surface area contributed by atoms with E-state index in [-0.39, 0.29) is 24.4 Å². The monoisotopic (exact) mass is 421 g/mol. The first kappa shape index (κ1) is 21.9. The molecule has 0 bridgehead atoms. The summed E-state index contributed by atoms with van der Waals surface area (Å²) in [7, 11) is -0.333. The highest BCUT2D eigenvalue weighted by Crippen LogP contribution is 2.36. The van der Waals surface area contributed by atoms with Gasteiger partial charge in [-0.05, 0) is 63.0 Å². The Bertz CT molecular complexity index is 873. The Labute approximate surface area is 185 Å². The van der Waals surface area contributed by atoms with Crippen molar-refractivity contribution in [2.45, 2.75) is 64.3 Å². The molecule has 2 fully saturated rings. The van der Waals surface area contributed by atoms with Gasteiger partial charge in [0.25, 0.3) is 0 Å². The molecule has 0 unspecified atom stereocenters. The predicted octanol–water partition coefficient (Wildman–Crippen LogP) is 4.50. The van der Waals surface area contributed by atoms with Crippen LogP contribution in [-0.4, -0.2) is 42.4 Å². The lowest BCUT2D eigenvalue weighted by atomic mass is 9.77. The summed E-state index contributed by atoms with van der Waals surface area (Å²) >= 11 is 0. The van der Waals surface area contributed by atoms with Crippen molar-refractivity contribution in [3.63, 3.8) is 0 Å². The minimum Gasteiger partial charge on any atom is -0.445 e. The van der Waals surface area contributed by atoms with Gasteiger partial charge in [0, 0.05) is 13.1 Å². The van der Waals surface area contributed by atoms with Gasteiger partial charge in [0.1, 0.15) is 6.61 Å². The first-order valence-corrected chi connectivity index (χ1v) is 11.2. The Kier molecular flexibility index (Phi) is 6.13. The predicted molar refractivity (Wildman–Crippen MR) is 122 cm³/mol. The van der Waals surface area contributed by atoms with Crippen LogP contribution in [0.3, 0.4) is 0 Å². The lowest BCUT2D eigenvalue weighted by Crippen LogP contribution is -2.41. The highest BCUT2D eigenvalue weighted by Gasteiger charge is 2.51. The molecule has 5 nitrogen and oxygen atoms in total. The Morgan fingerprint density at radius 2 is 1.55 bits per heavy atom. The number of carbonyl (C=O) groups is 1. The lowest BCUT2D eigenvalue weighted by molar-refractivity contribution is 0.00578. The Morgan fingerprint density at radius 1 is 0.968 bits per heavy atom. The van der Waals surface area contributed by atoms with Crippen LogP contribution in [-0.2, 0) is 20.7 Å². The second-order valence-electron chi connectivity index (χ2n) is 9.56. The number of amides is 1. The summed E-state index contributed by atoms with van der Waals surface area (Å²) in [6.07, 6.45) is 1.66. The fourth-order valence-electron chi connectivity index (χ4n) is 4.11. The zero-order valence-electron chi connectivity index (χ0n) is 19.0. The van der Waals surface area contributed by atoms with Gasteiger partial charge in [-0.25, -0.2) is 4.79 Å². The third-order valence-corrected chi connectivity index (χ3v) is 6.89. The van der Waals surface area contributed by atoms with E-state index in [0.29, 0.717) is 12.5 Å². The van der Waals surface area contributed by atoms with Gasteiger partial charge in [-0.3, -0.25) is 0 Å². The van der Waals surface area contributed by atoms with Crippen molar-refractivity contribution in [3.8, 4) is 0 Å². The number of likely N-dealkylation sites (tertiary alicyclic amines) is 1. The largest absolute Gasteiger partial charge is 0.494 e. The van der Waals surface area contributed by atoms with Gasteiger partial charge in [-0.2, -0.15) is 0 Å². The Balaban J connectivity index is 1.29. The first-order valence-electron chi connectivity index (χ1n) is 11.2. The molecule has 0 saturated carbocycles. The third kappa shape index (κ3) is 4.80. The van der Waals surface area contributed by atoms with E-state index in [4.69, 9.17) is 14.0 Å². The molecule has 0 radical (unpaired) electrons. The summed E-state index contributed by atoms with van der Waals surface area (Å²) in [5.74, 6) is 0.450. The Hall–Kier alpha value is -2.31. The van der Waals surface area contributed by atoms with E-state index in [1.165, 1.54) is 5.56 Å². The number of carbonyl (C=O) groups excluding carboxylic acids is 1. The van der Waals surface area contributed by atoms with Crippen LogP contribution in [0.15, 0.2) is 54.6 Å². The van der Waals surface area contributed by atoms with E-state index < -0.39 is 0 Å². The number of rotatable bonds is 4. The molecule has 2 aliphatic rings. The summed E-state index contributed by atoms with van der Waals surface area (Å²) in [6.45, 7) is 10.0. The van der Waals surface area contributed by atoms with E-state index in [2.05, 4.69) is 52.0 Å². The Morgan fingerprint density at radius 3 is 2.13 bits per heavy atom. The van der Waals surface area contributed by atoms with Crippen LogP contribution in [0.2, 0.25) is 0 Å². The van der Waals surface area contributed by atoms with Crippen LogP contribution < -0.4 is 5.46 Å². The number of hydrogen-bond acceptors (Lipinski definition) is 4. The van der Waals surface area contributed by atoms with Gasteiger partial charge in [0.05, 0.1) is 11.2 Å². The summed E-state index contributed by atoms with van der Waals surface area (Å²) in [4.78, 5) is 14.2. The molecule has 0 spiro atoms. The number of ether oxygens (including phenoxy) is 1. The van der Waals surface area contributed by atoms with Crippen LogP contribution in [0, 0.1) is 0 Å². The maximum absolute atomic E-state index is 12.4. The molecular formula is C25H32BNO4. The van der Waals surface area contributed by atoms with Crippen molar-refractivity contribution in [1.82, 2.24) is 4.90 Å². The number of nitrogens with zero attached hydrogens (tertiary/aromatic N) is 1. The fraction of sp³-hybridized carbons (Fsp3) is 0.480. The van der Waals surface area contributed by atoms with Crippen molar-refractivity contribution in [1.29, 1.82) is 0 Å². The lowest BCUT2D eigenvalue weighted by Gasteiger charge is -2.32. The molecule has 6 heteroatoms. The highest BCUT2D eigenvalue weighted by atomic mass is 16.7. The van der Waals surface area contributed by atoms with Crippen molar-refractivity contribution >= 4 is 18.7 Å². The second-order valence-corrected chi connectivity index (χ2v) is 9.56. The van der Waals surface area contributed by atoms with Crippen molar-refractivity contribution < 1.29 is 18.8 Å². The molecule has 0 aromatic heterocycles. The van der Waals surface area contributed by atoms with Crippen LogP contribution in [0.5, 0.6) is 0 Å². The average Bonchev–Trinajstić information content (AvgIpc) is 3.00. The van der Waals surface area contributed by atoms with Gasteiger partial charge < -0.3 is 18.9 Å². The minimum atomic E-state index is -0.335. The molecule has 2 aromatic rings. The smallest absolute Gasteiger partial charge is 0.445 e. The SMILES string of the molecule is CC1(C)OB(c2ccc(C3CCN(C(=O)OCc4ccccc4)CC3)cc2)OC1(C)C. The van der Waals surface area contributed by atoms with Gasteiger partial charge in [0.15, 0.2) is 0 Å². The first-order chi connectivity index (χ1) is 14.7. The summed E-state index contributed by atoms with van der Waals surface area (Å²) in [5, 5.41) is 0. The number of benzene rings is 2. The molecule has 0 aliphatic carbocycles. The zero-order chi connectivity index (χ0) is 22.1. The summed E-state index contributed by atoms with van der Waals surface area (Å²) in [5.41, 5.74) is 2.69. The van der Waals surface area contributed by atoms with Crippen LogP contribution in [0.4, 0.5) is 4.79 Å². The van der Waals surface area contributed by atoms with Crippen molar-refractivity contribution in [3.05, 3.63) is 65.7 Å². The molecule has 2 heterocycles. The molecule has 0 N–H and O–H groups in total. The van der Waals surface area contributed by atoms with Crippen molar-refractivity contribution in [2.24, 2.45) is 0 Å². The second kappa shape index (κ2) is 8.68. The molecule has 164 valence electrons. The van der Waals surface area contributed by atoms with Crippen LogP contribution >= 0.6 is 0 Å². The van der Waals surface area contributed by atoms with Crippen molar-refractivity contribution in [2.75, 3.05) is 13.1 Å². The quantitative estimate of drug-likeness (QED) is 0.682. The van der Waals surface area contributed by atoms with Crippen LogP contribution in [0.1, 0.15) is 57.6 Å². The fourth-order valence-corrected chi connectivity index (χ4v) is 4.11. The van der Waals surface area contributed by atoms with E-state index in [1.54, 1.807) is 0 Å². The summed E-state index contributed by atoms with van der Waals surface area (Å²) < 4.78 is 17.8.